The van der Waals surface area contributed by atoms with Crippen LogP contribution in [0.1, 0.15) is 5.69 Å². The minimum atomic E-state index is 0.615. The Morgan fingerprint density at radius 3 is 2.89 bits per heavy atom. The van der Waals surface area contributed by atoms with Crippen LogP contribution < -0.4 is 11.3 Å². The van der Waals surface area contributed by atoms with Gasteiger partial charge in [-0.3, -0.25) is 0 Å². The number of pyridine rings is 1. The highest BCUT2D eigenvalue weighted by molar-refractivity contribution is 9.10. The molecule has 0 saturated heterocycles. The van der Waals surface area contributed by atoms with Crippen molar-refractivity contribution in [1.29, 1.82) is 0 Å². The van der Waals surface area contributed by atoms with Crippen molar-refractivity contribution in [2.45, 2.75) is 10.6 Å². The van der Waals surface area contributed by atoms with Crippen molar-refractivity contribution in [2.75, 3.05) is 5.43 Å². The highest BCUT2D eigenvalue weighted by Crippen LogP contribution is 2.28. The summed E-state index contributed by atoms with van der Waals surface area (Å²) in [7, 11) is 0. The van der Waals surface area contributed by atoms with Gasteiger partial charge in [-0.2, -0.15) is 0 Å². The molecule has 0 aliphatic carbocycles. The Bertz CT molecular complexity index is 551. The summed E-state index contributed by atoms with van der Waals surface area (Å²) in [5.41, 5.74) is 3.33. The molecule has 2 aromatic rings. The second-order valence-electron chi connectivity index (χ2n) is 3.52. The molecular formula is C12H11BrClN3S. The van der Waals surface area contributed by atoms with Crippen LogP contribution in [0.2, 0.25) is 5.02 Å². The quantitative estimate of drug-likeness (QED) is 0.498. The Balaban J connectivity index is 2.10. The number of rotatable bonds is 4. The zero-order chi connectivity index (χ0) is 13.0. The minimum absolute atomic E-state index is 0.615. The number of nitrogen functional groups attached to an aromatic ring is 1. The number of hydrogen-bond donors (Lipinski definition) is 2. The number of hydrazine groups is 1. The zero-order valence-electron chi connectivity index (χ0n) is 9.36. The summed E-state index contributed by atoms with van der Waals surface area (Å²) in [5, 5.41) is 0.650. The summed E-state index contributed by atoms with van der Waals surface area (Å²) in [4.78, 5) is 5.49. The van der Waals surface area contributed by atoms with Crippen molar-refractivity contribution >= 4 is 45.1 Å². The molecule has 1 aromatic carbocycles. The van der Waals surface area contributed by atoms with Crippen molar-refractivity contribution in [2.24, 2.45) is 5.84 Å². The molecule has 3 N–H and O–H groups in total. The number of nitrogens with two attached hydrogens (primary N) is 1. The first-order valence-corrected chi connectivity index (χ1v) is 7.35. The molecule has 0 saturated carbocycles. The Labute approximate surface area is 123 Å². The lowest BCUT2D eigenvalue weighted by Crippen LogP contribution is -2.09. The van der Waals surface area contributed by atoms with Gasteiger partial charge in [0.1, 0.15) is 5.82 Å². The van der Waals surface area contributed by atoms with Crippen molar-refractivity contribution in [3.8, 4) is 0 Å². The van der Waals surface area contributed by atoms with Gasteiger partial charge in [0.2, 0.25) is 0 Å². The summed E-state index contributed by atoms with van der Waals surface area (Å²) in [6.07, 6.45) is 0. The molecule has 1 heterocycles. The minimum Gasteiger partial charge on any atom is -0.308 e. The van der Waals surface area contributed by atoms with Gasteiger partial charge >= 0.3 is 0 Å². The molecule has 0 unspecified atom stereocenters. The average Bonchev–Trinajstić information content (AvgIpc) is 2.38. The zero-order valence-corrected chi connectivity index (χ0v) is 12.5. The van der Waals surface area contributed by atoms with Crippen molar-refractivity contribution < 1.29 is 0 Å². The van der Waals surface area contributed by atoms with E-state index in [0.29, 0.717) is 16.6 Å². The van der Waals surface area contributed by atoms with E-state index in [4.69, 9.17) is 17.4 Å². The summed E-state index contributed by atoms with van der Waals surface area (Å²) >= 11 is 11.2. The van der Waals surface area contributed by atoms with Crippen LogP contribution in [0.3, 0.4) is 0 Å². The second kappa shape index (κ2) is 6.43. The van der Waals surface area contributed by atoms with E-state index < -0.39 is 0 Å². The molecule has 0 amide bonds. The van der Waals surface area contributed by atoms with E-state index in [0.717, 1.165) is 15.1 Å². The topological polar surface area (TPSA) is 50.9 Å². The average molecular weight is 345 g/mol. The van der Waals surface area contributed by atoms with E-state index in [1.807, 2.05) is 18.2 Å². The number of benzene rings is 1. The van der Waals surface area contributed by atoms with Gasteiger partial charge in [-0.25, -0.2) is 10.8 Å². The third-order valence-electron chi connectivity index (χ3n) is 2.24. The normalized spacial score (nSPS) is 10.4. The predicted octanol–water partition coefficient (Wildman–Crippen LogP) is 4.08. The van der Waals surface area contributed by atoms with Gasteiger partial charge in [0.05, 0.1) is 10.7 Å². The monoisotopic (exact) mass is 343 g/mol. The number of nitrogens with one attached hydrogen (secondary N) is 1. The van der Waals surface area contributed by atoms with Crippen LogP contribution in [0.4, 0.5) is 5.82 Å². The highest BCUT2D eigenvalue weighted by Gasteiger charge is 2.05. The van der Waals surface area contributed by atoms with Gasteiger partial charge in [0, 0.05) is 15.1 Å². The number of nitrogens with zero attached hydrogens (tertiary/aromatic N) is 1. The van der Waals surface area contributed by atoms with Crippen LogP contribution in [-0.4, -0.2) is 4.98 Å². The van der Waals surface area contributed by atoms with Crippen LogP contribution in [0.5, 0.6) is 0 Å². The van der Waals surface area contributed by atoms with E-state index in [-0.39, 0.29) is 0 Å². The van der Waals surface area contributed by atoms with Gasteiger partial charge in [-0.1, -0.05) is 33.6 Å². The SMILES string of the molecule is NNc1ccc(Cl)c(CSc2cccc(Br)c2)n1. The molecule has 3 nitrogen and oxygen atoms in total. The molecule has 0 atom stereocenters. The fourth-order valence-electron chi connectivity index (χ4n) is 1.37. The van der Waals surface area contributed by atoms with Crippen LogP contribution in [-0.2, 0) is 5.75 Å². The molecule has 0 fully saturated rings. The molecule has 0 bridgehead atoms. The molecule has 6 heteroatoms. The molecule has 0 aliphatic heterocycles. The van der Waals surface area contributed by atoms with Crippen molar-refractivity contribution in [1.82, 2.24) is 4.98 Å². The van der Waals surface area contributed by atoms with Gasteiger partial charge in [0.25, 0.3) is 0 Å². The van der Waals surface area contributed by atoms with E-state index in [1.54, 1.807) is 23.9 Å². The highest BCUT2D eigenvalue weighted by atomic mass is 79.9. The van der Waals surface area contributed by atoms with Gasteiger partial charge in [-0.05, 0) is 30.3 Å². The maximum absolute atomic E-state index is 6.10. The molecular weight excluding hydrogens is 334 g/mol. The van der Waals surface area contributed by atoms with Crippen LogP contribution in [0.25, 0.3) is 0 Å². The second-order valence-corrected chi connectivity index (χ2v) is 5.89. The first-order valence-electron chi connectivity index (χ1n) is 5.19. The summed E-state index contributed by atoms with van der Waals surface area (Å²) < 4.78 is 1.06. The molecule has 94 valence electrons. The maximum atomic E-state index is 6.10. The van der Waals surface area contributed by atoms with Crippen molar-refractivity contribution in [3.05, 3.63) is 51.6 Å². The lowest BCUT2D eigenvalue weighted by Gasteiger charge is -2.06. The molecule has 0 radical (unpaired) electrons. The Morgan fingerprint density at radius 1 is 1.33 bits per heavy atom. The van der Waals surface area contributed by atoms with E-state index in [2.05, 4.69) is 32.4 Å². The first-order chi connectivity index (χ1) is 8.69. The number of thioether (sulfide) groups is 1. The number of aromatic nitrogens is 1. The summed E-state index contributed by atoms with van der Waals surface area (Å²) in [6, 6.07) is 11.6. The lowest BCUT2D eigenvalue weighted by atomic mass is 10.4. The number of hydrogen-bond acceptors (Lipinski definition) is 4. The Kier molecular flexibility index (Phi) is 4.88. The summed E-state index contributed by atoms with van der Waals surface area (Å²) in [6.45, 7) is 0. The van der Waals surface area contributed by atoms with E-state index in [1.165, 1.54) is 0 Å². The fraction of sp³-hybridized carbons (Fsp3) is 0.0833. The Hall–Kier alpha value is -0.750. The first kappa shape index (κ1) is 13.7. The predicted molar refractivity (Wildman–Crippen MR) is 80.8 cm³/mol. The number of halogens is 2. The van der Waals surface area contributed by atoms with Gasteiger partial charge in [-0.15, -0.1) is 11.8 Å². The van der Waals surface area contributed by atoms with E-state index in [9.17, 15) is 0 Å². The third-order valence-corrected chi connectivity index (χ3v) is 4.08. The molecule has 0 spiro atoms. The molecule has 1 aromatic heterocycles. The summed E-state index contributed by atoms with van der Waals surface area (Å²) in [5.74, 6) is 6.64. The van der Waals surface area contributed by atoms with Gasteiger partial charge < -0.3 is 5.43 Å². The van der Waals surface area contributed by atoms with Crippen LogP contribution >= 0.6 is 39.3 Å². The largest absolute Gasteiger partial charge is 0.308 e. The fourth-order valence-corrected chi connectivity index (χ4v) is 3.09. The maximum Gasteiger partial charge on any atom is 0.140 e. The van der Waals surface area contributed by atoms with Crippen LogP contribution in [0.15, 0.2) is 45.8 Å². The molecule has 0 aliphatic rings. The van der Waals surface area contributed by atoms with Crippen LogP contribution in [0, 0.1) is 0 Å². The van der Waals surface area contributed by atoms with E-state index >= 15 is 0 Å². The molecule has 2 rings (SSSR count). The Morgan fingerprint density at radius 2 is 2.17 bits per heavy atom. The lowest BCUT2D eigenvalue weighted by molar-refractivity contribution is 1.14. The standard InChI is InChI=1S/C12H11BrClN3S/c13-8-2-1-3-9(6-8)18-7-11-10(14)4-5-12(16-11)17-15/h1-6H,7,15H2,(H,16,17). The number of anilines is 1. The van der Waals surface area contributed by atoms with Crippen molar-refractivity contribution in [3.63, 3.8) is 0 Å². The third kappa shape index (κ3) is 3.62. The smallest absolute Gasteiger partial charge is 0.140 e. The molecule has 18 heavy (non-hydrogen) atoms. The van der Waals surface area contributed by atoms with Gasteiger partial charge in [0.15, 0.2) is 0 Å².